The van der Waals surface area contributed by atoms with Gasteiger partial charge in [0.15, 0.2) is 0 Å². The van der Waals surface area contributed by atoms with Gasteiger partial charge in [0.25, 0.3) is 5.56 Å². The van der Waals surface area contributed by atoms with Crippen molar-refractivity contribution >= 4 is 15.9 Å². The van der Waals surface area contributed by atoms with Crippen molar-refractivity contribution in [2.24, 2.45) is 29.6 Å². The van der Waals surface area contributed by atoms with Crippen LogP contribution < -0.4 is 5.56 Å². The van der Waals surface area contributed by atoms with E-state index >= 15 is 0 Å². The van der Waals surface area contributed by atoms with Crippen LogP contribution in [-0.4, -0.2) is 52.8 Å². The van der Waals surface area contributed by atoms with Crippen LogP contribution in [-0.2, 0) is 27.8 Å². The Labute approximate surface area is 182 Å². The van der Waals surface area contributed by atoms with Crippen LogP contribution in [0.4, 0.5) is 0 Å². The summed E-state index contributed by atoms with van der Waals surface area (Å²) in [5.74, 6) is 3.64. The molecule has 1 saturated heterocycles. The number of amides is 1. The number of aromatic nitrogens is 2. The Morgan fingerprint density at radius 2 is 1.84 bits per heavy atom. The van der Waals surface area contributed by atoms with Gasteiger partial charge in [-0.15, -0.1) is 0 Å². The summed E-state index contributed by atoms with van der Waals surface area (Å²) in [6, 6.07) is -0.216. The summed E-state index contributed by atoms with van der Waals surface area (Å²) in [6.45, 7) is 1.14. The molecule has 8 nitrogen and oxygen atoms in total. The number of carbonyl (C=O) groups excluding carboxylic acids is 1. The van der Waals surface area contributed by atoms with E-state index in [0.717, 1.165) is 31.1 Å². The number of fused-ring (bicyclic) bond motifs is 6. The number of nitrogens with one attached hydrogen (secondary N) is 1. The maximum absolute atomic E-state index is 13.6. The molecule has 5 atom stereocenters. The van der Waals surface area contributed by atoms with Crippen molar-refractivity contribution in [3.63, 3.8) is 0 Å². The SMILES string of the molecule is CS(=O)(=O)N1CCc2c(nc([C@@H]3CCCCN3C(=O)C3[C@H]4[C@@H]5CC[C@H](C5)[C@H]34)[nH]c2=O)C1. The van der Waals surface area contributed by atoms with Crippen LogP contribution in [0.1, 0.15) is 61.6 Å². The third-order valence-corrected chi connectivity index (χ3v) is 9.90. The third kappa shape index (κ3) is 3.10. The second-order valence-electron chi connectivity index (χ2n) is 10.3. The molecule has 0 radical (unpaired) electrons. The number of nitrogens with zero attached hydrogens (tertiary/aromatic N) is 3. The quantitative estimate of drug-likeness (QED) is 0.757. The molecule has 0 unspecified atom stereocenters. The zero-order valence-electron chi connectivity index (χ0n) is 17.9. The summed E-state index contributed by atoms with van der Waals surface area (Å²) in [7, 11) is -3.34. The minimum atomic E-state index is -3.34. The van der Waals surface area contributed by atoms with Crippen molar-refractivity contribution in [1.82, 2.24) is 19.2 Å². The molecule has 6 rings (SSSR count). The highest BCUT2D eigenvalue weighted by Gasteiger charge is 2.68. The van der Waals surface area contributed by atoms with Crippen LogP contribution in [0, 0.1) is 29.6 Å². The molecule has 1 aromatic heterocycles. The predicted octanol–water partition coefficient (Wildman–Crippen LogP) is 1.43. The molecule has 2 aliphatic heterocycles. The number of aromatic amines is 1. The molecule has 9 heteroatoms. The zero-order valence-corrected chi connectivity index (χ0v) is 18.7. The Hall–Kier alpha value is -1.74. The lowest BCUT2D eigenvalue weighted by molar-refractivity contribution is -0.137. The van der Waals surface area contributed by atoms with Gasteiger partial charge in [-0.25, -0.2) is 13.4 Å². The number of H-pyrrole nitrogens is 1. The van der Waals surface area contributed by atoms with E-state index in [2.05, 4.69) is 4.98 Å². The van der Waals surface area contributed by atoms with Crippen molar-refractivity contribution < 1.29 is 13.2 Å². The molecule has 3 heterocycles. The Morgan fingerprint density at radius 1 is 1.10 bits per heavy atom. The predicted molar refractivity (Wildman–Crippen MR) is 113 cm³/mol. The first-order valence-electron chi connectivity index (χ1n) is 11.7. The van der Waals surface area contributed by atoms with Crippen LogP contribution in [0.3, 0.4) is 0 Å². The summed E-state index contributed by atoms with van der Waals surface area (Å²) in [5.41, 5.74) is 0.924. The summed E-state index contributed by atoms with van der Waals surface area (Å²) in [6.07, 6.45) is 8.21. The summed E-state index contributed by atoms with van der Waals surface area (Å²) >= 11 is 0. The molecule has 1 amide bonds. The number of rotatable bonds is 3. The first-order valence-corrected chi connectivity index (χ1v) is 13.6. The molecular weight excluding hydrogens is 416 g/mol. The maximum atomic E-state index is 13.6. The molecule has 3 saturated carbocycles. The highest BCUT2D eigenvalue weighted by Crippen LogP contribution is 2.69. The van der Waals surface area contributed by atoms with Gasteiger partial charge in [-0.1, -0.05) is 0 Å². The number of hydrogen-bond acceptors (Lipinski definition) is 5. The second kappa shape index (κ2) is 6.88. The minimum Gasteiger partial charge on any atom is -0.332 e. The Kier molecular flexibility index (Phi) is 4.42. The van der Waals surface area contributed by atoms with Gasteiger partial charge in [-0.3, -0.25) is 9.59 Å². The second-order valence-corrected chi connectivity index (χ2v) is 12.3. The van der Waals surface area contributed by atoms with Crippen LogP contribution in [0.15, 0.2) is 4.79 Å². The van der Waals surface area contributed by atoms with Crippen molar-refractivity contribution in [2.75, 3.05) is 19.3 Å². The molecule has 1 N–H and O–H groups in total. The first-order chi connectivity index (χ1) is 14.8. The van der Waals surface area contributed by atoms with E-state index in [1.54, 1.807) is 0 Å². The monoisotopic (exact) mass is 446 g/mol. The molecular formula is C22H30N4O4S. The normalized spacial score (nSPS) is 36.9. The van der Waals surface area contributed by atoms with Gasteiger partial charge >= 0.3 is 0 Å². The van der Waals surface area contributed by atoms with Gasteiger partial charge in [-0.2, -0.15) is 4.31 Å². The van der Waals surface area contributed by atoms with Crippen molar-refractivity contribution in [3.8, 4) is 0 Å². The van der Waals surface area contributed by atoms with Gasteiger partial charge < -0.3 is 9.88 Å². The van der Waals surface area contributed by atoms with E-state index < -0.39 is 10.0 Å². The van der Waals surface area contributed by atoms with E-state index in [1.807, 2.05) is 4.90 Å². The van der Waals surface area contributed by atoms with Gasteiger partial charge in [0, 0.05) is 24.6 Å². The van der Waals surface area contributed by atoms with E-state index in [1.165, 1.54) is 29.8 Å². The minimum absolute atomic E-state index is 0.127. The Bertz CT molecular complexity index is 1080. The molecule has 1 aromatic rings. The lowest BCUT2D eigenvalue weighted by atomic mass is 9.97. The molecule has 3 aliphatic carbocycles. The van der Waals surface area contributed by atoms with Crippen molar-refractivity contribution in [3.05, 3.63) is 27.4 Å². The average molecular weight is 447 g/mol. The fourth-order valence-electron chi connectivity index (χ4n) is 7.20. The van der Waals surface area contributed by atoms with E-state index in [-0.39, 0.29) is 30.0 Å². The first kappa shape index (κ1) is 19.9. The number of hydrogen-bond donors (Lipinski definition) is 1. The molecule has 168 valence electrons. The molecule has 2 bridgehead atoms. The topological polar surface area (TPSA) is 103 Å². The van der Waals surface area contributed by atoms with Gasteiger partial charge in [0.05, 0.1) is 24.5 Å². The Balaban J connectivity index is 1.29. The standard InChI is InChI=1S/C22H30N4O4S/c1-31(29,30)25-9-7-14-15(11-25)23-20(24-21(14)27)16-4-2-3-8-26(16)22(28)19-17-12-5-6-13(10-12)18(17)19/h12-13,16-19H,2-11H2,1H3,(H,23,24,27)/t12-,13-,16+,17+,18+/m1/s1. The molecule has 0 aromatic carbocycles. The van der Waals surface area contributed by atoms with Crippen molar-refractivity contribution in [1.29, 1.82) is 0 Å². The molecule has 4 fully saturated rings. The van der Waals surface area contributed by atoms with E-state index in [9.17, 15) is 18.0 Å². The molecule has 31 heavy (non-hydrogen) atoms. The lowest BCUT2D eigenvalue weighted by Crippen LogP contribution is -2.43. The number of likely N-dealkylation sites (tertiary alicyclic amines) is 1. The maximum Gasteiger partial charge on any atom is 0.254 e. The number of sulfonamides is 1. The third-order valence-electron chi connectivity index (χ3n) is 8.65. The summed E-state index contributed by atoms with van der Waals surface area (Å²) < 4.78 is 25.4. The van der Waals surface area contributed by atoms with Crippen LogP contribution >= 0.6 is 0 Å². The fourth-order valence-corrected chi connectivity index (χ4v) is 7.98. The van der Waals surface area contributed by atoms with Crippen LogP contribution in [0.5, 0.6) is 0 Å². The largest absolute Gasteiger partial charge is 0.332 e. The summed E-state index contributed by atoms with van der Waals surface area (Å²) in [5, 5.41) is 0. The fraction of sp³-hybridized carbons (Fsp3) is 0.773. The smallest absolute Gasteiger partial charge is 0.254 e. The van der Waals surface area contributed by atoms with Gasteiger partial charge in [-0.05, 0) is 68.6 Å². The van der Waals surface area contributed by atoms with Crippen molar-refractivity contribution in [2.45, 2.75) is 57.5 Å². The van der Waals surface area contributed by atoms with Crippen LogP contribution in [0.2, 0.25) is 0 Å². The highest BCUT2D eigenvalue weighted by molar-refractivity contribution is 7.88. The molecule has 5 aliphatic rings. The van der Waals surface area contributed by atoms with Crippen LogP contribution in [0.25, 0.3) is 0 Å². The summed E-state index contributed by atoms with van der Waals surface area (Å²) in [4.78, 5) is 36.0. The van der Waals surface area contributed by atoms with Gasteiger partial charge in [0.2, 0.25) is 15.9 Å². The number of piperidine rings is 1. The highest BCUT2D eigenvalue weighted by atomic mass is 32.2. The van der Waals surface area contributed by atoms with Gasteiger partial charge in [0.1, 0.15) is 5.82 Å². The molecule has 0 spiro atoms. The number of carbonyl (C=O) groups is 1. The zero-order chi connectivity index (χ0) is 21.5. The average Bonchev–Trinajstić information content (AvgIpc) is 3.18. The van der Waals surface area contributed by atoms with E-state index in [4.69, 9.17) is 4.98 Å². The lowest BCUT2D eigenvalue weighted by Gasteiger charge is -2.36. The Morgan fingerprint density at radius 3 is 2.55 bits per heavy atom. The van der Waals surface area contributed by atoms with E-state index in [0.29, 0.717) is 48.4 Å².